The average molecular weight is 547 g/mol. The van der Waals surface area contributed by atoms with Crippen molar-refractivity contribution in [2.24, 2.45) is 0 Å². The minimum atomic E-state index is -4.66. The third-order valence-electron chi connectivity index (χ3n) is 5.38. The fourth-order valence-corrected chi connectivity index (χ4v) is 4.77. The molecule has 0 aliphatic carbocycles. The molecule has 36 heavy (non-hydrogen) atoms. The Labute approximate surface area is 216 Å². The number of rotatable bonds is 9. The Morgan fingerprint density at radius 2 is 1.92 bits per heavy atom. The van der Waals surface area contributed by atoms with Crippen molar-refractivity contribution in [3.05, 3.63) is 59.7 Å². The SMILES string of the molecule is CCOC(=O)[C@@H](CCc1ccccc1)NC1CSc2ccc(C(F)(F)F)cc2N(CC(=O)O)C1=O.Cl. The van der Waals surface area contributed by atoms with Crippen molar-refractivity contribution in [2.75, 3.05) is 23.8 Å². The van der Waals surface area contributed by atoms with Gasteiger partial charge < -0.3 is 9.84 Å². The van der Waals surface area contributed by atoms with E-state index in [1.165, 1.54) is 6.07 Å². The summed E-state index contributed by atoms with van der Waals surface area (Å²) in [4.78, 5) is 38.6. The highest BCUT2D eigenvalue weighted by atomic mass is 35.5. The van der Waals surface area contributed by atoms with Gasteiger partial charge >= 0.3 is 18.1 Å². The van der Waals surface area contributed by atoms with Crippen LogP contribution in [0.5, 0.6) is 0 Å². The summed E-state index contributed by atoms with van der Waals surface area (Å²) in [6.07, 6.45) is -3.84. The van der Waals surface area contributed by atoms with Crippen LogP contribution in [0.4, 0.5) is 18.9 Å². The molecule has 0 spiro atoms. The van der Waals surface area contributed by atoms with Gasteiger partial charge in [-0.25, -0.2) is 0 Å². The Kier molecular flexibility index (Phi) is 10.6. The molecule has 0 radical (unpaired) electrons. The number of anilines is 1. The molecule has 2 N–H and O–H groups in total. The zero-order valence-electron chi connectivity index (χ0n) is 19.3. The van der Waals surface area contributed by atoms with Crippen molar-refractivity contribution in [3.8, 4) is 0 Å². The molecule has 12 heteroatoms. The summed E-state index contributed by atoms with van der Waals surface area (Å²) in [6, 6.07) is 10.4. The van der Waals surface area contributed by atoms with Crippen LogP contribution in [0.3, 0.4) is 0 Å². The summed E-state index contributed by atoms with van der Waals surface area (Å²) in [5, 5.41) is 12.3. The lowest BCUT2D eigenvalue weighted by Gasteiger charge is -2.27. The van der Waals surface area contributed by atoms with Crippen LogP contribution in [0.1, 0.15) is 24.5 Å². The molecular formula is C24H26ClF3N2O5S. The van der Waals surface area contributed by atoms with Gasteiger partial charge in [0.15, 0.2) is 0 Å². The molecule has 0 fully saturated rings. The Morgan fingerprint density at radius 3 is 2.53 bits per heavy atom. The van der Waals surface area contributed by atoms with Gasteiger partial charge in [-0.3, -0.25) is 24.6 Å². The number of carboxylic acids is 1. The number of alkyl halides is 3. The Hall–Kier alpha value is -2.76. The van der Waals surface area contributed by atoms with Crippen molar-refractivity contribution in [1.82, 2.24) is 5.32 Å². The van der Waals surface area contributed by atoms with Crippen LogP contribution in [-0.4, -0.2) is 53.9 Å². The molecule has 7 nitrogen and oxygen atoms in total. The minimum absolute atomic E-state index is 0. The maximum Gasteiger partial charge on any atom is 0.416 e. The predicted octanol–water partition coefficient (Wildman–Crippen LogP) is 4.17. The highest BCUT2D eigenvalue weighted by Gasteiger charge is 2.37. The van der Waals surface area contributed by atoms with Crippen molar-refractivity contribution >= 4 is 47.7 Å². The predicted molar refractivity (Wildman–Crippen MR) is 132 cm³/mol. The monoisotopic (exact) mass is 546 g/mol. The largest absolute Gasteiger partial charge is 0.480 e. The number of hydrogen-bond acceptors (Lipinski definition) is 6. The molecule has 2 aromatic rings. The van der Waals surface area contributed by atoms with Gasteiger partial charge in [0.2, 0.25) is 5.91 Å². The molecule has 1 amide bonds. The lowest BCUT2D eigenvalue weighted by molar-refractivity contribution is -0.146. The van der Waals surface area contributed by atoms with E-state index in [2.05, 4.69) is 5.32 Å². The normalized spacial score (nSPS) is 16.4. The number of halogens is 4. The second kappa shape index (κ2) is 13.0. The highest BCUT2D eigenvalue weighted by molar-refractivity contribution is 7.99. The molecule has 0 saturated carbocycles. The summed E-state index contributed by atoms with van der Waals surface area (Å²) in [7, 11) is 0. The van der Waals surface area contributed by atoms with Crippen molar-refractivity contribution < 1.29 is 37.4 Å². The van der Waals surface area contributed by atoms with Crippen molar-refractivity contribution in [3.63, 3.8) is 0 Å². The van der Waals surface area contributed by atoms with Crippen molar-refractivity contribution in [1.29, 1.82) is 0 Å². The summed E-state index contributed by atoms with van der Waals surface area (Å²) in [5.74, 6) is -2.58. The highest BCUT2D eigenvalue weighted by Crippen LogP contribution is 2.39. The molecule has 196 valence electrons. The molecule has 0 saturated heterocycles. The van der Waals surface area contributed by atoms with Gasteiger partial charge in [-0.05, 0) is 43.5 Å². The smallest absolute Gasteiger partial charge is 0.416 e. The number of thioether (sulfide) groups is 1. The van der Waals surface area contributed by atoms with Gasteiger partial charge in [-0.2, -0.15) is 13.2 Å². The molecule has 0 bridgehead atoms. The first-order valence-corrected chi connectivity index (χ1v) is 11.9. The molecule has 1 aliphatic heterocycles. The summed E-state index contributed by atoms with van der Waals surface area (Å²) in [5.41, 5.74) is -0.137. The number of hydrogen-bond donors (Lipinski definition) is 2. The third kappa shape index (κ3) is 7.62. The molecule has 1 heterocycles. The Bertz CT molecular complexity index is 1070. The number of nitrogens with one attached hydrogen (secondary N) is 1. The van der Waals surface area contributed by atoms with Crippen LogP contribution in [0.2, 0.25) is 0 Å². The van der Waals surface area contributed by atoms with E-state index >= 15 is 0 Å². The molecule has 1 aliphatic rings. The van der Waals surface area contributed by atoms with E-state index in [-0.39, 0.29) is 30.5 Å². The van der Waals surface area contributed by atoms with E-state index in [1.807, 2.05) is 30.3 Å². The number of aliphatic carboxylic acids is 1. The summed E-state index contributed by atoms with van der Waals surface area (Å²) < 4.78 is 45.0. The Balaban J connectivity index is 0.00000456. The number of ether oxygens (including phenoxy) is 1. The van der Waals surface area contributed by atoms with E-state index in [4.69, 9.17) is 4.74 Å². The number of amides is 1. The van der Waals surface area contributed by atoms with Crippen LogP contribution in [0.15, 0.2) is 53.4 Å². The average Bonchev–Trinajstić information content (AvgIpc) is 2.93. The lowest BCUT2D eigenvalue weighted by atomic mass is 10.0. The number of carbonyl (C=O) groups excluding carboxylic acids is 2. The van der Waals surface area contributed by atoms with Crippen LogP contribution in [0, 0.1) is 0 Å². The van der Waals surface area contributed by atoms with Gasteiger partial charge in [0, 0.05) is 10.6 Å². The fraction of sp³-hybridized carbons (Fsp3) is 0.375. The van der Waals surface area contributed by atoms with Gasteiger partial charge in [-0.15, -0.1) is 24.2 Å². The number of nitrogens with zero attached hydrogens (tertiary/aromatic N) is 1. The number of benzene rings is 2. The molecule has 3 rings (SSSR count). The van der Waals surface area contributed by atoms with E-state index in [1.54, 1.807) is 6.92 Å². The maximum atomic E-state index is 13.3. The second-order valence-electron chi connectivity index (χ2n) is 7.86. The van der Waals surface area contributed by atoms with Crippen LogP contribution < -0.4 is 10.2 Å². The second-order valence-corrected chi connectivity index (χ2v) is 8.92. The molecule has 0 aromatic heterocycles. The maximum absolute atomic E-state index is 13.3. The summed E-state index contributed by atoms with van der Waals surface area (Å²) in [6.45, 7) is 0.967. The van der Waals surface area contributed by atoms with Crippen LogP contribution in [0.25, 0.3) is 0 Å². The lowest BCUT2D eigenvalue weighted by Crippen LogP contribution is -2.54. The standard InChI is InChI=1S/C24H25F3N2O5S.ClH/c1-2-34-23(33)17(10-8-15-6-4-3-5-7-15)28-18-14-35-20-11-9-16(24(25,26)27)12-19(20)29(22(18)32)13-21(30)31;/h3-7,9,11-12,17-18,28H,2,8,10,13-14H2,1H3,(H,30,31);1H/t17-,18?;/m1./s1. The molecular weight excluding hydrogens is 521 g/mol. The number of esters is 1. The topological polar surface area (TPSA) is 95.9 Å². The number of carbonyl (C=O) groups is 3. The molecule has 2 aromatic carbocycles. The minimum Gasteiger partial charge on any atom is -0.480 e. The fourth-order valence-electron chi connectivity index (χ4n) is 3.71. The zero-order valence-corrected chi connectivity index (χ0v) is 20.9. The van der Waals surface area contributed by atoms with Gasteiger partial charge in [0.1, 0.15) is 12.6 Å². The quantitative estimate of drug-likeness (QED) is 0.456. The van der Waals surface area contributed by atoms with Gasteiger partial charge in [0.05, 0.1) is 23.9 Å². The first-order valence-electron chi connectivity index (χ1n) is 10.9. The number of fused-ring (bicyclic) bond motifs is 1. The zero-order chi connectivity index (χ0) is 25.6. The third-order valence-corrected chi connectivity index (χ3v) is 6.53. The van der Waals surface area contributed by atoms with E-state index in [0.29, 0.717) is 17.7 Å². The first-order chi connectivity index (χ1) is 16.6. The number of carboxylic acid groups (broad SMARTS) is 1. The summed E-state index contributed by atoms with van der Waals surface area (Å²) >= 11 is 1.12. The van der Waals surface area contributed by atoms with E-state index < -0.39 is 48.2 Å². The van der Waals surface area contributed by atoms with Crippen LogP contribution in [-0.2, 0) is 31.7 Å². The number of aryl methyl sites for hydroxylation is 1. The first kappa shape index (κ1) is 29.5. The Morgan fingerprint density at radius 1 is 1.22 bits per heavy atom. The van der Waals surface area contributed by atoms with Crippen molar-refractivity contribution in [2.45, 2.75) is 42.9 Å². The van der Waals surface area contributed by atoms with Gasteiger partial charge in [0.25, 0.3) is 0 Å². The van der Waals surface area contributed by atoms with E-state index in [0.717, 1.165) is 34.4 Å². The molecule has 2 atom stereocenters. The van der Waals surface area contributed by atoms with Crippen LogP contribution >= 0.6 is 24.2 Å². The van der Waals surface area contributed by atoms with Gasteiger partial charge in [-0.1, -0.05) is 30.3 Å². The van der Waals surface area contributed by atoms with E-state index in [9.17, 15) is 32.7 Å². The molecule has 1 unspecified atom stereocenters.